The Balaban J connectivity index is 1.78. The van der Waals surface area contributed by atoms with Gasteiger partial charge in [0.2, 0.25) is 0 Å². The van der Waals surface area contributed by atoms with Gasteiger partial charge in [-0.1, -0.05) is 0 Å². The van der Waals surface area contributed by atoms with Crippen LogP contribution in [0.3, 0.4) is 0 Å². The highest BCUT2D eigenvalue weighted by atomic mass is 79.9. The van der Waals surface area contributed by atoms with Crippen LogP contribution in [-0.4, -0.2) is 46.2 Å². The molecule has 1 fully saturated rings. The van der Waals surface area contributed by atoms with Gasteiger partial charge in [-0.05, 0) is 47.0 Å². The molecule has 1 aliphatic rings. The maximum atomic E-state index is 13.3. The monoisotopic (exact) mass is 437 g/mol. The van der Waals surface area contributed by atoms with Crippen molar-refractivity contribution in [2.24, 2.45) is 0 Å². The predicted octanol–water partition coefficient (Wildman–Crippen LogP) is 2.87. The van der Waals surface area contributed by atoms with Crippen LogP contribution in [0.1, 0.15) is 23.3 Å². The van der Waals surface area contributed by atoms with Gasteiger partial charge in [0.15, 0.2) is 5.82 Å². The van der Waals surface area contributed by atoms with Gasteiger partial charge >= 0.3 is 6.09 Å². The molecule has 27 heavy (non-hydrogen) atoms. The molecule has 0 bridgehead atoms. The lowest BCUT2D eigenvalue weighted by atomic mass is 10.0. The summed E-state index contributed by atoms with van der Waals surface area (Å²) >= 11 is 2.96. The topological polar surface area (TPSA) is 107 Å². The van der Waals surface area contributed by atoms with E-state index in [2.05, 4.69) is 36.5 Å². The van der Waals surface area contributed by atoms with Gasteiger partial charge in [-0.3, -0.25) is 9.78 Å². The molecule has 3 heterocycles. The second-order valence-electron chi connectivity index (χ2n) is 6.05. The molecule has 3 rings (SSSR count). The Morgan fingerprint density at radius 1 is 1.33 bits per heavy atom. The number of piperidine rings is 1. The molecular weight excluding hydrogens is 421 g/mol. The third-order valence-corrected chi connectivity index (χ3v) is 4.73. The van der Waals surface area contributed by atoms with E-state index >= 15 is 0 Å². The number of aromatic nitrogens is 2. The first-order valence-corrected chi connectivity index (χ1v) is 9.05. The number of pyridine rings is 2. The zero-order valence-electron chi connectivity index (χ0n) is 14.2. The molecule has 1 saturated heterocycles. The quantitative estimate of drug-likeness (QED) is 0.634. The SMILES string of the molecule is O=C(O)N[C@H]1CCCN(c2ccncc2NC(=O)c2ccc(F)c(Br)n2)C1. The zero-order chi connectivity index (χ0) is 19.4. The third-order valence-electron chi connectivity index (χ3n) is 4.17. The van der Waals surface area contributed by atoms with Crippen molar-refractivity contribution in [3.63, 3.8) is 0 Å². The molecule has 10 heteroatoms. The van der Waals surface area contributed by atoms with E-state index in [9.17, 15) is 14.0 Å². The largest absolute Gasteiger partial charge is 0.465 e. The van der Waals surface area contributed by atoms with Gasteiger partial charge in [0, 0.05) is 25.3 Å². The van der Waals surface area contributed by atoms with Crippen molar-refractivity contribution in [2.45, 2.75) is 18.9 Å². The molecule has 0 saturated carbocycles. The van der Waals surface area contributed by atoms with Crippen molar-refractivity contribution in [1.29, 1.82) is 0 Å². The number of carboxylic acid groups (broad SMARTS) is 1. The number of nitrogens with zero attached hydrogens (tertiary/aromatic N) is 3. The van der Waals surface area contributed by atoms with E-state index in [0.29, 0.717) is 12.2 Å². The summed E-state index contributed by atoms with van der Waals surface area (Å²) in [6.45, 7) is 1.21. The molecule has 1 atom stereocenters. The standard InChI is InChI=1S/C17H17BrFN5O3/c18-15-11(19)3-4-12(22-15)16(25)23-13-8-20-6-5-14(13)24-7-1-2-10(9-24)21-17(26)27/h3-6,8,10,21H,1-2,7,9H2,(H,23,25)(H,26,27)/t10-/m0/s1. The minimum Gasteiger partial charge on any atom is -0.465 e. The number of carbonyl (C=O) groups is 2. The Kier molecular flexibility index (Phi) is 5.84. The van der Waals surface area contributed by atoms with E-state index in [4.69, 9.17) is 5.11 Å². The summed E-state index contributed by atoms with van der Waals surface area (Å²) in [6.07, 6.45) is 3.63. The summed E-state index contributed by atoms with van der Waals surface area (Å²) in [5.74, 6) is -1.05. The lowest BCUT2D eigenvalue weighted by molar-refractivity contribution is 0.102. The number of halogens is 2. The summed E-state index contributed by atoms with van der Waals surface area (Å²) in [5, 5.41) is 14.2. The molecule has 142 valence electrons. The number of rotatable bonds is 4. The van der Waals surface area contributed by atoms with Crippen LogP contribution in [-0.2, 0) is 0 Å². The second kappa shape index (κ2) is 8.30. The van der Waals surface area contributed by atoms with Crippen LogP contribution < -0.4 is 15.5 Å². The average Bonchev–Trinajstić information content (AvgIpc) is 2.64. The van der Waals surface area contributed by atoms with Crippen LogP contribution in [0.5, 0.6) is 0 Å². The summed E-state index contributed by atoms with van der Waals surface area (Å²) in [4.78, 5) is 33.3. The molecule has 0 radical (unpaired) electrons. The molecule has 1 aliphatic heterocycles. The Morgan fingerprint density at radius 2 is 2.15 bits per heavy atom. The predicted molar refractivity (Wildman–Crippen MR) is 100 cm³/mol. The molecule has 0 aromatic carbocycles. The van der Waals surface area contributed by atoms with E-state index in [0.717, 1.165) is 31.1 Å². The summed E-state index contributed by atoms with van der Waals surface area (Å²) in [6, 6.07) is 4.01. The Labute approximate surface area is 162 Å². The van der Waals surface area contributed by atoms with Crippen LogP contribution in [0.25, 0.3) is 0 Å². The summed E-state index contributed by atoms with van der Waals surface area (Å²) < 4.78 is 13.3. The van der Waals surface area contributed by atoms with Crippen molar-refractivity contribution in [3.8, 4) is 0 Å². The number of hydrogen-bond donors (Lipinski definition) is 3. The molecule has 3 N–H and O–H groups in total. The minimum absolute atomic E-state index is 0.0415. The fourth-order valence-electron chi connectivity index (χ4n) is 2.98. The summed E-state index contributed by atoms with van der Waals surface area (Å²) in [7, 11) is 0. The first-order valence-electron chi connectivity index (χ1n) is 8.26. The number of amides is 2. The highest BCUT2D eigenvalue weighted by molar-refractivity contribution is 9.10. The zero-order valence-corrected chi connectivity index (χ0v) is 15.7. The Hall–Kier alpha value is -2.75. The fourth-order valence-corrected chi connectivity index (χ4v) is 3.30. The molecule has 0 aliphatic carbocycles. The second-order valence-corrected chi connectivity index (χ2v) is 6.80. The highest BCUT2D eigenvalue weighted by Gasteiger charge is 2.24. The molecular formula is C17H17BrFN5O3. The van der Waals surface area contributed by atoms with E-state index in [-0.39, 0.29) is 16.3 Å². The van der Waals surface area contributed by atoms with Crippen molar-refractivity contribution >= 4 is 39.3 Å². The Bertz CT molecular complexity index is 866. The lowest BCUT2D eigenvalue weighted by Gasteiger charge is -2.35. The molecule has 0 unspecified atom stereocenters. The van der Waals surface area contributed by atoms with E-state index in [1.165, 1.54) is 12.3 Å². The van der Waals surface area contributed by atoms with Gasteiger partial charge < -0.3 is 20.6 Å². The molecule has 0 spiro atoms. The number of carbonyl (C=O) groups excluding carboxylic acids is 1. The van der Waals surface area contributed by atoms with Gasteiger partial charge in [0.05, 0.1) is 17.6 Å². The molecule has 2 aromatic heterocycles. The van der Waals surface area contributed by atoms with Crippen LogP contribution in [0, 0.1) is 5.82 Å². The number of anilines is 2. The smallest absolute Gasteiger partial charge is 0.404 e. The van der Waals surface area contributed by atoms with Crippen molar-refractivity contribution in [2.75, 3.05) is 23.3 Å². The van der Waals surface area contributed by atoms with Gasteiger partial charge in [-0.25, -0.2) is 14.2 Å². The first kappa shape index (κ1) is 19.0. The van der Waals surface area contributed by atoms with Gasteiger partial charge in [-0.15, -0.1) is 0 Å². The molecule has 8 nitrogen and oxygen atoms in total. The van der Waals surface area contributed by atoms with Crippen LogP contribution in [0.2, 0.25) is 0 Å². The van der Waals surface area contributed by atoms with E-state index in [1.807, 2.05) is 4.90 Å². The normalized spacial score (nSPS) is 16.7. The van der Waals surface area contributed by atoms with Crippen molar-refractivity contribution in [3.05, 3.63) is 46.7 Å². The van der Waals surface area contributed by atoms with Gasteiger partial charge in [0.1, 0.15) is 10.3 Å². The molecule has 2 aromatic rings. The maximum Gasteiger partial charge on any atom is 0.404 e. The van der Waals surface area contributed by atoms with Gasteiger partial charge in [-0.2, -0.15) is 0 Å². The number of nitrogens with one attached hydrogen (secondary N) is 2. The van der Waals surface area contributed by atoms with Crippen molar-refractivity contribution < 1.29 is 19.1 Å². The average molecular weight is 438 g/mol. The lowest BCUT2D eigenvalue weighted by Crippen LogP contribution is -2.47. The fraction of sp³-hybridized carbons (Fsp3) is 0.294. The van der Waals surface area contributed by atoms with Crippen LogP contribution in [0.15, 0.2) is 35.2 Å². The van der Waals surface area contributed by atoms with Crippen molar-refractivity contribution in [1.82, 2.24) is 15.3 Å². The number of hydrogen-bond acceptors (Lipinski definition) is 5. The van der Waals surface area contributed by atoms with E-state index in [1.54, 1.807) is 12.3 Å². The van der Waals surface area contributed by atoms with Gasteiger partial charge in [0.25, 0.3) is 5.91 Å². The molecule has 2 amide bonds. The summed E-state index contributed by atoms with van der Waals surface area (Å²) in [5.41, 5.74) is 1.26. The Morgan fingerprint density at radius 3 is 2.89 bits per heavy atom. The van der Waals surface area contributed by atoms with E-state index < -0.39 is 17.8 Å². The van der Waals surface area contributed by atoms with Crippen LogP contribution >= 0.6 is 15.9 Å². The minimum atomic E-state index is -1.06. The maximum absolute atomic E-state index is 13.3. The van der Waals surface area contributed by atoms with Crippen LogP contribution in [0.4, 0.5) is 20.6 Å². The first-order chi connectivity index (χ1) is 12.9. The highest BCUT2D eigenvalue weighted by Crippen LogP contribution is 2.28. The third kappa shape index (κ3) is 4.70.